The van der Waals surface area contributed by atoms with Gasteiger partial charge >= 0.3 is 5.69 Å². The Labute approximate surface area is 204 Å². The molecule has 0 spiro atoms. The first kappa shape index (κ1) is 24.7. The van der Waals surface area contributed by atoms with Crippen molar-refractivity contribution < 1.29 is 18.7 Å². The Bertz CT molecular complexity index is 1550. The van der Waals surface area contributed by atoms with Gasteiger partial charge in [-0.2, -0.15) is 4.98 Å². The number of anilines is 1. The number of benzene rings is 1. The first-order valence-electron chi connectivity index (χ1n) is 11.1. The van der Waals surface area contributed by atoms with Gasteiger partial charge in [0.1, 0.15) is 23.1 Å². The smallest absolute Gasteiger partial charge is 0.355 e. The molecule has 1 aromatic carbocycles. The van der Waals surface area contributed by atoms with E-state index in [1.165, 1.54) is 28.6 Å². The first-order chi connectivity index (χ1) is 17.0. The number of fused-ring (bicyclic) bond motifs is 1. The summed E-state index contributed by atoms with van der Waals surface area (Å²) in [4.78, 5) is 39.2. The van der Waals surface area contributed by atoms with Gasteiger partial charge in [0.2, 0.25) is 5.91 Å². The van der Waals surface area contributed by atoms with E-state index in [2.05, 4.69) is 15.0 Å². The molecule has 3 aromatic heterocycles. The lowest BCUT2D eigenvalue weighted by Gasteiger charge is -2.22. The summed E-state index contributed by atoms with van der Waals surface area (Å²) in [6.45, 7) is 5.28. The summed E-state index contributed by atoms with van der Waals surface area (Å²) in [7, 11) is 1.47. The zero-order valence-corrected chi connectivity index (χ0v) is 20.1. The molecular formula is C25H24F2N6O3. The Kier molecular flexibility index (Phi) is 6.40. The summed E-state index contributed by atoms with van der Waals surface area (Å²) in [6, 6.07) is 6.29. The van der Waals surface area contributed by atoms with Gasteiger partial charge in [-0.15, -0.1) is 0 Å². The molecule has 3 N–H and O–H groups in total. The average Bonchev–Trinajstić information content (AvgIpc) is 2.79. The van der Waals surface area contributed by atoms with Crippen molar-refractivity contribution in [2.24, 2.45) is 5.73 Å². The van der Waals surface area contributed by atoms with E-state index in [0.29, 0.717) is 16.9 Å². The molecule has 0 saturated carbocycles. The zero-order valence-electron chi connectivity index (χ0n) is 20.1. The number of aromatic nitrogens is 4. The highest BCUT2D eigenvalue weighted by Gasteiger charge is 2.25. The molecule has 36 heavy (non-hydrogen) atoms. The van der Waals surface area contributed by atoms with Crippen molar-refractivity contribution >= 4 is 22.8 Å². The van der Waals surface area contributed by atoms with Crippen LogP contribution in [0.2, 0.25) is 0 Å². The van der Waals surface area contributed by atoms with E-state index in [0.717, 1.165) is 12.1 Å². The van der Waals surface area contributed by atoms with E-state index in [9.17, 15) is 19.1 Å². The van der Waals surface area contributed by atoms with Crippen molar-refractivity contribution in [3.63, 3.8) is 0 Å². The van der Waals surface area contributed by atoms with E-state index < -0.39 is 40.2 Å². The second kappa shape index (κ2) is 9.33. The summed E-state index contributed by atoms with van der Waals surface area (Å²) >= 11 is 0. The largest absolute Gasteiger partial charge is 0.507 e. The normalized spacial score (nSPS) is 11.3. The molecule has 4 aromatic rings. The van der Waals surface area contributed by atoms with Gasteiger partial charge in [-0.25, -0.2) is 23.1 Å². The molecule has 0 unspecified atom stereocenters. The van der Waals surface area contributed by atoms with Crippen LogP contribution >= 0.6 is 0 Å². The molecule has 0 fully saturated rings. The lowest BCUT2D eigenvalue weighted by molar-refractivity contribution is -0.116. The van der Waals surface area contributed by atoms with Crippen LogP contribution in [-0.4, -0.2) is 44.1 Å². The van der Waals surface area contributed by atoms with Crippen LogP contribution in [0.25, 0.3) is 28.0 Å². The van der Waals surface area contributed by atoms with Crippen molar-refractivity contribution in [3.05, 3.63) is 69.9 Å². The van der Waals surface area contributed by atoms with Crippen molar-refractivity contribution in [3.8, 4) is 22.7 Å². The number of pyridine rings is 2. The number of hydrogen-bond acceptors (Lipinski definition) is 7. The van der Waals surface area contributed by atoms with Gasteiger partial charge in [0.25, 0.3) is 0 Å². The third kappa shape index (κ3) is 4.23. The number of hydrogen-bond donors (Lipinski definition) is 2. The standard InChI is InChI=1S/C25H24F2N6O3/c1-12(2)20-22(13(3)8-9-29-20)33-24-14(23(31-25(33)36)32(4)11-18(28)35)10-16(27)21(30-24)19-15(26)6-5-7-17(19)34/h5-10,12,34H,11H2,1-4H3,(H2,28,35). The molecule has 0 bridgehead atoms. The average molecular weight is 495 g/mol. The van der Waals surface area contributed by atoms with Crippen molar-refractivity contribution in [2.45, 2.75) is 26.7 Å². The molecule has 4 rings (SSSR count). The monoisotopic (exact) mass is 494 g/mol. The van der Waals surface area contributed by atoms with Gasteiger partial charge in [-0.05, 0) is 42.7 Å². The van der Waals surface area contributed by atoms with Crippen LogP contribution in [0.15, 0.2) is 41.3 Å². The summed E-state index contributed by atoms with van der Waals surface area (Å²) < 4.78 is 31.3. The maximum absolute atomic E-state index is 15.4. The minimum absolute atomic E-state index is 0.0339. The number of amides is 1. The van der Waals surface area contributed by atoms with Gasteiger partial charge in [0.05, 0.1) is 28.9 Å². The Morgan fingerprint density at radius 1 is 1.19 bits per heavy atom. The number of carbonyl (C=O) groups is 1. The molecule has 9 nitrogen and oxygen atoms in total. The molecule has 1 amide bonds. The van der Waals surface area contributed by atoms with Gasteiger partial charge in [0.15, 0.2) is 11.5 Å². The molecule has 0 aliphatic rings. The highest BCUT2D eigenvalue weighted by molar-refractivity contribution is 5.92. The Morgan fingerprint density at radius 2 is 1.92 bits per heavy atom. The number of aromatic hydroxyl groups is 1. The van der Waals surface area contributed by atoms with Crippen LogP contribution in [0.5, 0.6) is 5.75 Å². The summed E-state index contributed by atoms with van der Waals surface area (Å²) in [5.74, 6) is -3.20. The molecule has 0 aliphatic carbocycles. The Morgan fingerprint density at radius 3 is 2.56 bits per heavy atom. The third-order valence-corrected chi connectivity index (χ3v) is 5.71. The van der Waals surface area contributed by atoms with E-state index in [1.54, 1.807) is 19.2 Å². The fourth-order valence-electron chi connectivity index (χ4n) is 4.11. The van der Waals surface area contributed by atoms with Crippen molar-refractivity contribution in [2.75, 3.05) is 18.5 Å². The minimum Gasteiger partial charge on any atom is -0.507 e. The number of likely N-dealkylation sites (N-methyl/N-ethyl adjacent to an activating group) is 1. The van der Waals surface area contributed by atoms with Crippen molar-refractivity contribution in [1.82, 2.24) is 19.5 Å². The predicted octanol–water partition coefficient (Wildman–Crippen LogP) is 3.18. The maximum Gasteiger partial charge on any atom is 0.355 e. The van der Waals surface area contributed by atoms with Crippen LogP contribution in [0.1, 0.15) is 31.0 Å². The molecule has 0 atom stereocenters. The maximum atomic E-state index is 15.4. The molecule has 3 heterocycles. The van der Waals surface area contributed by atoms with E-state index >= 15 is 4.39 Å². The summed E-state index contributed by atoms with van der Waals surface area (Å²) in [6.07, 6.45) is 1.61. The second-order valence-electron chi connectivity index (χ2n) is 8.72. The number of nitrogens with zero attached hydrogens (tertiary/aromatic N) is 5. The van der Waals surface area contributed by atoms with Gasteiger partial charge < -0.3 is 15.7 Å². The summed E-state index contributed by atoms with van der Waals surface area (Å²) in [5, 5.41) is 10.4. The second-order valence-corrected chi connectivity index (χ2v) is 8.72. The number of aryl methyl sites for hydroxylation is 1. The topological polar surface area (TPSA) is 127 Å². The fourth-order valence-corrected chi connectivity index (χ4v) is 4.11. The highest BCUT2D eigenvalue weighted by Crippen LogP contribution is 2.36. The van der Waals surface area contributed by atoms with Crippen LogP contribution in [0.4, 0.5) is 14.6 Å². The van der Waals surface area contributed by atoms with Crippen LogP contribution in [-0.2, 0) is 4.79 Å². The Hall–Kier alpha value is -4.41. The number of rotatable bonds is 6. The minimum atomic E-state index is -0.962. The fraction of sp³-hybridized carbons (Fsp3) is 0.240. The molecule has 0 saturated heterocycles. The number of phenolic OH excluding ortho intramolecular Hbond substituents is 1. The molecular weight excluding hydrogens is 470 g/mol. The number of primary amides is 1. The molecule has 0 aliphatic heterocycles. The zero-order chi connectivity index (χ0) is 26.3. The van der Waals surface area contributed by atoms with Crippen LogP contribution < -0.4 is 16.3 Å². The van der Waals surface area contributed by atoms with Gasteiger partial charge in [0, 0.05) is 13.2 Å². The molecule has 186 valence electrons. The number of carbonyl (C=O) groups excluding carboxylic acids is 1. The van der Waals surface area contributed by atoms with Crippen LogP contribution in [0, 0.1) is 18.6 Å². The first-order valence-corrected chi connectivity index (χ1v) is 11.1. The number of phenols is 1. The summed E-state index contributed by atoms with van der Waals surface area (Å²) in [5.41, 5.74) is 5.19. The van der Waals surface area contributed by atoms with E-state index in [-0.39, 0.29) is 29.3 Å². The lowest BCUT2D eigenvalue weighted by atomic mass is 10.0. The van der Waals surface area contributed by atoms with Gasteiger partial charge in [-0.3, -0.25) is 9.78 Å². The highest BCUT2D eigenvalue weighted by atomic mass is 19.1. The van der Waals surface area contributed by atoms with Crippen molar-refractivity contribution in [1.29, 1.82) is 0 Å². The SMILES string of the molecule is Cc1ccnc(C(C)C)c1-n1c(=O)nc(N(C)CC(N)=O)c2cc(F)c(-c3c(O)cccc3F)nc21. The van der Waals surface area contributed by atoms with Crippen LogP contribution in [0.3, 0.4) is 0 Å². The number of nitrogens with two attached hydrogens (primary N) is 1. The Balaban J connectivity index is 2.19. The number of halogens is 2. The van der Waals surface area contributed by atoms with E-state index in [4.69, 9.17) is 5.73 Å². The molecule has 0 radical (unpaired) electrons. The lowest BCUT2D eigenvalue weighted by Crippen LogP contribution is -2.34. The van der Waals surface area contributed by atoms with E-state index in [1.807, 2.05) is 13.8 Å². The predicted molar refractivity (Wildman–Crippen MR) is 131 cm³/mol. The van der Waals surface area contributed by atoms with Gasteiger partial charge in [-0.1, -0.05) is 19.9 Å². The quantitative estimate of drug-likeness (QED) is 0.421. The third-order valence-electron chi connectivity index (χ3n) is 5.71. The molecule has 11 heteroatoms.